The zero-order chi connectivity index (χ0) is 15.2. The minimum Gasteiger partial charge on any atom is -0.355 e. The van der Waals surface area contributed by atoms with Crippen molar-refractivity contribution in [3.05, 3.63) is 0 Å². The Morgan fingerprint density at radius 1 is 1.20 bits per heavy atom. The lowest BCUT2D eigenvalue weighted by atomic mass is 9.76. The molecule has 1 fully saturated rings. The van der Waals surface area contributed by atoms with Crippen molar-refractivity contribution in [2.75, 3.05) is 6.54 Å². The molecule has 3 heteroatoms. The molecule has 1 rings (SSSR count). The third-order valence-electron chi connectivity index (χ3n) is 4.62. The molecular weight excluding hydrogens is 248 g/mol. The van der Waals surface area contributed by atoms with E-state index in [9.17, 15) is 4.79 Å². The summed E-state index contributed by atoms with van der Waals surface area (Å²) < 4.78 is 0. The molecule has 0 radical (unpaired) electrons. The lowest BCUT2D eigenvalue weighted by Gasteiger charge is -2.30. The van der Waals surface area contributed by atoms with Crippen molar-refractivity contribution >= 4 is 5.91 Å². The first-order valence-corrected chi connectivity index (χ1v) is 8.38. The molecule has 0 aromatic rings. The van der Waals surface area contributed by atoms with Gasteiger partial charge in [-0.15, -0.1) is 0 Å². The zero-order valence-corrected chi connectivity index (χ0v) is 14.1. The van der Waals surface area contributed by atoms with Crippen molar-refractivity contribution in [3.63, 3.8) is 0 Å². The third-order valence-corrected chi connectivity index (χ3v) is 4.62. The van der Waals surface area contributed by atoms with Gasteiger partial charge in [-0.2, -0.15) is 0 Å². The van der Waals surface area contributed by atoms with Gasteiger partial charge in [-0.25, -0.2) is 0 Å². The molecule has 3 atom stereocenters. The van der Waals surface area contributed by atoms with Crippen molar-refractivity contribution in [1.82, 2.24) is 10.6 Å². The summed E-state index contributed by atoms with van der Waals surface area (Å²) in [5.74, 6) is 0.960. The van der Waals surface area contributed by atoms with E-state index < -0.39 is 0 Å². The Bertz CT molecular complexity index is 296. The van der Waals surface area contributed by atoms with E-state index in [1.165, 1.54) is 32.1 Å². The summed E-state index contributed by atoms with van der Waals surface area (Å²) in [5, 5.41) is 6.50. The summed E-state index contributed by atoms with van der Waals surface area (Å²) in [6, 6.07) is 0.433. The van der Waals surface area contributed by atoms with E-state index in [-0.39, 0.29) is 11.9 Å². The molecule has 2 N–H and O–H groups in total. The van der Waals surface area contributed by atoms with Crippen molar-refractivity contribution in [3.8, 4) is 0 Å². The largest absolute Gasteiger partial charge is 0.355 e. The standard InChI is InChI=1S/C17H34N2O/c1-6-12-18-16(20)13(2)19-15-9-7-8-14(10-11-15)17(3,4)5/h13-15,19H,6-12H2,1-5H3,(H,18,20). The molecule has 0 aromatic carbocycles. The van der Waals surface area contributed by atoms with E-state index in [2.05, 4.69) is 38.3 Å². The monoisotopic (exact) mass is 282 g/mol. The van der Waals surface area contributed by atoms with Crippen LogP contribution >= 0.6 is 0 Å². The summed E-state index contributed by atoms with van der Waals surface area (Å²) in [5.41, 5.74) is 0.416. The average molecular weight is 282 g/mol. The van der Waals surface area contributed by atoms with Gasteiger partial charge < -0.3 is 10.6 Å². The van der Waals surface area contributed by atoms with Gasteiger partial charge in [-0.05, 0) is 50.4 Å². The minimum absolute atomic E-state index is 0.0715. The molecule has 1 saturated carbocycles. The molecule has 3 unspecified atom stereocenters. The highest BCUT2D eigenvalue weighted by Gasteiger charge is 2.28. The van der Waals surface area contributed by atoms with Crippen LogP contribution in [-0.2, 0) is 4.79 Å². The number of carbonyl (C=O) groups is 1. The van der Waals surface area contributed by atoms with Crippen LogP contribution in [0.5, 0.6) is 0 Å². The first kappa shape index (κ1) is 17.5. The van der Waals surface area contributed by atoms with Gasteiger partial charge in [0, 0.05) is 12.6 Å². The number of hydrogen-bond donors (Lipinski definition) is 2. The first-order valence-electron chi connectivity index (χ1n) is 8.38. The molecule has 0 aliphatic heterocycles. The molecule has 1 aliphatic carbocycles. The number of hydrogen-bond acceptors (Lipinski definition) is 2. The van der Waals surface area contributed by atoms with E-state index in [4.69, 9.17) is 0 Å². The highest BCUT2D eigenvalue weighted by molar-refractivity contribution is 5.81. The van der Waals surface area contributed by atoms with Crippen LogP contribution in [0, 0.1) is 11.3 Å². The second-order valence-electron chi connectivity index (χ2n) is 7.45. The fraction of sp³-hybridized carbons (Fsp3) is 0.941. The molecule has 1 aliphatic rings. The highest BCUT2D eigenvalue weighted by Crippen LogP contribution is 2.36. The van der Waals surface area contributed by atoms with Gasteiger partial charge in [0.2, 0.25) is 5.91 Å². The van der Waals surface area contributed by atoms with E-state index in [1.54, 1.807) is 0 Å². The van der Waals surface area contributed by atoms with Crippen molar-refractivity contribution in [2.45, 2.75) is 85.2 Å². The molecule has 0 spiro atoms. The Labute approximate surface area is 125 Å². The maximum absolute atomic E-state index is 11.9. The fourth-order valence-corrected chi connectivity index (χ4v) is 3.16. The number of amides is 1. The summed E-state index contributed by atoms with van der Waals surface area (Å²) >= 11 is 0. The highest BCUT2D eigenvalue weighted by atomic mass is 16.2. The van der Waals surface area contributed by atoms with Gasteiger partial charge >= 0.3 is 0 Å². The van der Waals surface area contributed by atoms with Crippen molar-refractivity contribution < 1.29 is 4.79 Å². The van der Waals surface area contributed by atoms with Crippen LogP contribution < -0.4 is 10.6 Å². The summed E-state index contributed by atoms with van der Waals surface area (Å²) in [6.07, 6.45) is 7.30. The van der Waals surface area contributed by atoms with Gasteiger partial charge in [-0.3, -0.25) is 4.79 Å². The van der Waals surface area contributed by atoms with Gasteiger partial charge in [-0.1, -0.05) is 34.1 Å². The van der Waals surface area contributed by atoms with Crippen LogP contribution in [0.4, 0.5) is 0 Å². The summed E-state index contributed by atoms with van der Waals surface area (Å²) in [7, 11) is 0. The van der Waals surface area contributed by atoms with E-state index in [1.807, 2.05) is 6.92 Å². The molecule has 3 nitrogen and oxygen atoms in total. The van der Waals surface area contributed by atoms with E-state index >= 15 is 0 Å². The summed E-state index contributed by atoms with van der Waals surface area (Å²) in [6.45, 7) is 11.9. The lowest BCUT2D eigenvalue weighted by Crippen LogP contribution is -2.46. The SMILES string of the molecule is CCCNC(=O)C(C)NC1CCCC(C(C)(C)C)CC1. The Hall–Kier alpha value is -0.570. The number of carbonyl (C=O) groups excluding carboxylic acids is 1. The quantitative estimate of drug-likeness (QED) is 0.758. The third kappa shape index (κ3) is 5.82. The minimum atomic E-state index is -0.0715. The van der Waals surface area contributed by atoms with Crippen LogP contribution in [0.3, 0.4) is 0 Å². The van der Waals surface area contributed by atoms with Crippen LogP contribution in [0.25, 0.3) is 0 Å². The average Bonchev–Trinajstić information content (AvgIpc) is 2.60. The van der Waals surface area contributed by atoms with Crippen LogP contribution in [0.15, 0.2) is 0 Å². The van der Waals surface area contributed by atoms with Gasteiger partial charge in [0.15, 0.2) is 0 Å². The molecule has 1 amide bonds. The lowest BCUT2D eigenvalue weighted by molar-refractivity contribution is -0.122. The molecule has 0 heterocycles. The van der Waals surface area contributed by atoms with Gasteiger partial charge in [0.25, 0.3) is 0 Å². The van der Waals surface area contributed by atoms with Gasteiger partial charge in [0.05, 0.1) is 6.04 Å². The topological polar surface area (TPSA) is 41.1 Å². The molecule has 118 valence electrons. The number of rotatable bonds is 5. The molecule has 0 bridgehead atoms. The molecule has 0 aromatic heterocycles. The predicted octanol–water partition coefficient (Wildman–Crippen LogP) is 3.49. The van der Waals surface area contributed by atoms with E-state index in [0.29, 0.717) is 11.5 Å². The maximum Gasteiger partial charge on any atom is 0.236 e. The zero-order valence-electron chi connectivity index (χ0n) is 14.1. The second kappa shape index (κ2) is 8.02. The smallest absolute Gasteiger partial charge is 0.236 e. The predicted molar refractivity (Wildman–Crippen MR) is 85.7 cm³/mol. The van der Waals surface area contributed by atoms with Crippen LogP contribution in [0.1, 0.15) is 73.1 Å². The fourth-order valence-electron chi connectivity index (χ4n) is 3.16. The number of nitrogens with one attached hydrogen (secondary N) is 2. The Morgan fingerprint density at radius 2 is 1.90 bits per heavy atom. The molecule has 20 heavy (non-hydrogen) atoms. The van der Waals surface area contributed by atoms with Gasteiger partial charge in [0.1, 0.15) is 0 Å². The Balaban J connectivity index is 2.40. The Kier molecular flexibility index (Phi) is 7.01. The van der Waals surface area contributed by atoms with E-state index in [0.717, 1.165) is 18.9 Å². The first-order chi connectivity index (χ1) is 9.34. The normalized spacial score (nSPS) is 25.9. The van der Waals surface area contributed by atoms with Crippen LogP contribution in [-0.4, -0.2) is 24.5 Å². The van der Waals surface area contributed by atoms with Crippen molar-refractivity contribution in [2.24, 2.45) is 11.3 Å². The summed E-state index contributed by atoms with van der Waals surface area (Å²) in [4.78, 5) is 11.9. The molecular formula is C17H34N2O. The molecule has 0 saturated heterocycles. The Morgan fingerprint density at radius 3 is 2.50 bits per heavy atom. The van der Waals surface area contributed by atoms with Crippen LogP contribution in [0.2, 0.25) is 0 Å². The van der Waals surface area contributed by atoms with Crippen molar-refractivity contribution in [1.29, 1.82) is 0 Å². The second-order valence-corrected chi connectivity index (χ2v) is 7.45. The maximum atomic E-state index is 11.9.